The molecule has 0 saturated carbocycles. The highest BCUT2D eigenvalue weighted by Crippen LogP contribution is 2.18. The number of furan rings is 1. The lowest BCUT2D eigenvalue weighted by molar-refractivity contribution is 0.0752. The van der Waals surface area contributed by atoms with Gasteiger partial charge in [0, 0.05) is 31.5 Å². The molecule has 0 saturated heterocycles. The summed E-state index contributed by atoms with van der Waals surface area (Å²) in [5.74, 6) is 1.19. The minimum atomic E-state index is -0.164. The van der Waals surface area contributed by atoms with E-state index in [-0.39, 0.29) is 5.91 Å². The first-order valence-corrected chi connectivity index (χ1v) is 6.45. The van der Waals surface area contributed by atoms with E-state index in [4.69, 9.17) is 16.0 Å². The van der Waals surface area contributed by atoms with Crippen LogP contribution in [0.25, 0.3) is 0 Å². The van der Waals surface area contributed by atoms with Gasteiger partial charge < -0.3 is 9.32 Å². The first-order chi connectivity index (χ1) is 9.11. The van der Waals surface area contributed by atoms with Crippen LogP contribution >= 0.6 is 11.6 Å². The zero-order chi connectivity index (χ0) is 13.8. The summed E-state index contributed by atoms with van der Waals surface area (Å²) in [6.45, 7) is 2.29. The summed E-state index contributed by atoms with van der Waals surface area (Å²) in [4.78, 5) is 17.8. The molecule has 0 atom stereocenters. The van der Waals surface area contributed by atoms with Crippen molar-refractivity contribution >= 4 is 17.5 Å². The summed E-state index contributed by atoms with van der Waals surface area (Å²) in [6, 6.07) is 5.47. The van der Waals surface area contributed by atoms with Gasteiger partial charge in [-0.1, -0.05) is 6.07 Å². The Labute approximate surface area is 117 Å². The Balaban J connectivity index is 2.10. The van der Waals surface area contributed by atoms with E-state index in [1.165, 1.54) is 0 Å². The molecule has 0 radical (unpaired) electrons. The number of rotatable bonds is 4. The van der Waals surface area contributed by atoms with Gasteiger partial charge in [0.1, 0.15) is 5.76 Å². The Hall–Kier alpha value is -1.81. The number of carbonyl (C=O) groups is 1. The Morgan fingerprint density at radius 3 is 2.89 bits per heavy atom. The molecule has 0 fully saturated rings. The van der Waals surface area contributed by atoms with Crippen molar-refractivity contribution in [1.29, 1.82) is 0 Å². The van der Waals surface area contributed by atoms with Gasteiger partial charge in [-0.3, -0.25) is 9.78 Å². The molecule has 0 aliphatic rings. The van der Waals surface area contributed by atoms with Gasteiger partial charge in [0.25, 0.3) is 5.91 Å². The van der Waals surface area contributed by atoms with Crippen molar-refractivity contribution in [2.45, 2.75) is 19.3 Å². The number of carbonyl (C=O) groups excluding carboxylic acids is 1. The summed E-state index contributed by atoms with van der Waals surface area (Å²) >= 11 is 5.77. The first kappa shape index (κ1) is 13.6. The summed E-state index contributed by atoms with van der Waals surface area (Å²) < 4.78 is 5.43. The maximum Gasteiger partial charge on any atom is 0.289 e. The fourth-order valence-corrected chi connectivity index (χ4v) is 2.05. The Morgan fingerprint density at radius 2 is 2.32 bits per heavy atom. The SMILES string of the molecule is Cc1oc(C(=O)N(C)Cc2cccnc2)cc1CCl. The van der Waals surface area contributed by atoms with E-state index in [9.17, 15) is 4.79 Å². The molecule has 0 N–H and O–H groups in total. The van der Waals surface area contributed by atoms with Crippen molar-refractivity contribution < 1.29 is 9.21 Å². The Morgan fingerprint density at radius 1 is 1.53 bits per heavy atom. The molecule has 19 heavy (non-hydrogen) atoms. The summed E-state index contributed by atoms with van der Waals surface area (Å²) in [5.41, 5.74) is 1.82. The highest BCUT2D eigenvalue weighted by Gasteiger charge is 2.18. The summed E-state index contributed by atoms with van der Waals surface area (Å²) in [7, 11) is 1.73. The van der Waals surface area contributed by atoms with Crippen molar-refractivity contribution in [3.8, 4) is 0 Å². The number of amides is 1. The van der Waals surface area contributed by atoms with Crippen molar-refractivity contribution in [3.63, 3.8) is 0 Å². The molecule has 4 nitrogen and oxygen atoms in total. The third kappa shape index (κ3) is 3.15. The molecule has 0 spiro atoms. The molecule has 100 valence electrons. The average Bonchev–Trinajstić information content (AvgIpc) is 2.80. The molecule has 1 amide bonds. The maximum atomic E-state index is 12.2. The summed E-state index contributed by atoms with van der Waals surface area (Å²) in [6.07, 6.45) is 3.44. The van der Waals surface area contributed by atoms with Crippen molar-refractivity contribution in [1.82, 2.24) is 9.88 Å². The number of hydrogen-bond acceptors (Lipinski definition) is 3. The number of aromatic nitrogens is 1. The van der Waals surface area contributed by atoms with Gasteiger partial charge in [-0.05, 0) is 24.6 Å². The predicted octanol–water partition coefficient (Wildman–Crippen LogP) is 2.99. The lowest BCUT2D eigenvalue weighted by Crippen LogP contribution is -2.25. The normalized spacial score (nSPS) is 10.5. The fraction of sp³-hybridized carbons (Fsp3) is 0.286. The second-order valence-electron chi connectivity index (χ2n) is 4.35. The standard InChI is InChI=1S/C14H15ClN2O2/c1-10-12(7-15)6-13(19-10)14(18)17(2)9-11-4-3-5-16-8-11/h3-6,8H,7,9H2,1-2H3. The highest BCUT2D eigenvalue weighted by atomic mass is 35.5. The lowest BCUT2D eigenvalue weighted by atomic mass is 10.2. The molecular weight excluding hydrogens is 264 g/mol. The molecule has 2 aromatic rings. The van der Waals surface area contributed by atoms with Gasteiger partial charge in [0.2, 0.25) is 0 Å². The third-order valence-electron chi connectivity index (χ3n) is 2.86. The zero-order valence-corrected chi connectivity index (χ0v) is 11.6. The molecule has 0 aliphatic carbocycles. The second-order valence-corrected chi connectivity index (χ2v) is 4.62. The maximum absolute atomic E-state index is 12.2. The van der Waals surface area contributed by atoms with E-state index in [1.807, 2.05) is 12.1 Å². The molecule has 0 bridgehead atoms. The van der Waals surface area contributed by atoms with Crippen molar-refractivity contribution in [2.75, 3.05) is 7.05 Å². The van der Waals surface area contributed by atoms with Gasteiger partial charge in [-0.25, -0.2) is 0 Å². The van der Waals surface area contributed by atoms with Crippen LogP contribution in [-0.4, -0.2) is 22.8 Å². The van der Waals surface area contributed by atoms with Gasteiger partial charge in [0.05, 0.1) is 5.88 Å². The first-order valence-electron chi connectivity index (χ1n) is 5.91. The molecule has 2 aromatic heterocycles. The minimum Gasteiger partial charge on any atom is -0.456 e. The van der Waals surface area contributed by atoms with Crippen LogP contribution in [0.5, 0.6) is 0 Å². The molecule has 5 heteroatoms. The summed E-state index contributed by atoms with van der Waals surface area (Å²) in [5, 5.41) is 0. The molecular formula is C14H15ClN2O2. The topological polar surface area (TPSA) is 46.3 Å². The fourth-order valence-electron chi connectivity index (χ4n) is 1.78. The van der Waals surface area contributed by atoms with E-state index in [0.717, 1.165) is 11.1 Å². The number of nitrogens with zero attached hydrogens (tertiary/aromatic N) is 2. The van der Waals surface area contributed by atoms with Crippen LogP contribution in [0.2, 0.25) is 0 Å². The van der Waals surface area contributed by atoms with Gasteiger partial charge in [-0.2, -0.15) is 0 Å². The lowest BCUT2D eigenvalue weighted by Gasteiger charge is -2.15. The number of hydrogen-bond donors (Lipinski definition) is 0. The number of halogens is 1. The van der Waals surface area contributed by atoms with E-state index >= 15 is 0 Å². The zero-order valence-electron chi connectivity index (χ0n) is 10.9. The quantitative estimate of drug-likeness (QED) is 0.808. The van der Waals surface area contributed by atoms with E-state index in [1.54, 1.807) is 37.3 Å². The van der Waals surface area contributed by atoms with Crippen LogP contribution in [0.1, 0.15) is 27.4 Å². The van der Waals surface area contributed by atoms with Crippen LogP contribution in [0.3, 0.4) is 0 Å². The Kier molecular flexibility index (Phi) is 4.22. The minimum absolute atomic E-state index is 0.164. The van der Waals surface area contributed by atoms with E-state index in [0.29, 0.717) is 23.9 Å². The van der Waals surface area contributed by atoms with Crippen LogP contribution in [0.4, 0.5) is 0 Å². The predicted molar refractivity (Wildman–Crippen MR) is 73.0 cm³/mol. The second kappa shape index (κ2) is 5.89. The molecule has 0 aromatic carbocycles. The van der Waals surface area contributed by atoms with Crippen LogP contribution < -0.4 is 0 Å². The third-order valence-corrected chi connectivity index (χ3v) is 3.15. The highest BCUT2D eigenvalue weighted by molar-refractivity contribution is 6.17. The van der Waals surface area contributed by atoms with Gasteiger partial charge in [0.15, 0.2) is 5.76 Å². The monoisotopic (exact) mass is 278 g/mol. The number of alkyl halides is 1. The smallest absolute Gasteiger partial charge is 0.289 e. The van der Waals surface area contributed by atoms with E-state index < -0.39 is 0 Å². The van der Waals surface area contributed by atoms with Crippen LogP contribution in [0.15, 0.2) is 35.0 Å². The molecule has 0 aliphatic heterocycles. The van der Waals surface area contributed by atoms with Gasteiger partial charge >= 0.3 is 0 Å². The largest absolute Gasteiger partial charge is 0.456 e. The van der Waals surface area contributed by atoms with Crippen LogP contribution in [-0.2, 0) is 12.4 Å². The number of aryl methyl sites for hydroxylation is 1. The van der Waals surface area contributed by atoms with E-state index in [2.05, 4.69) is 4.98 Å². The molecule has 2 heterocycles. The average molecular weight is 279 g/mol. The van der Waals surface area contributed by atoms with Gasteiger partial charge in [-0.15, -0.1) is 11.6 Å². The number of pyridine rings is 1. The van der Waals surface area contributed by atoms with Crippen molar-refractivity contribution in [2.24, 2.45) is 0 Å². The molecule has 0 unspecified atom stereocenters. The van der Waals surface area contributed by atoms with Crippen molar-refractivity contribution in [3.05, 3.63) is 53.2 Å². The van der Waals surface area contributed by atoms with Crippen LogP contribution in [0, 0.1) is 6.92 Å². The Bertz CT molecular complexity index is 566. The molecule has 2 rings (SSSR count).